The Balaban J connectivity index is 1.65. The van der Waals surface area contributed by atoms with E-state index in [0.717, 1.165) is 25.0 Å². The van der Waals surface area contributed by atoms with Gasteiger partial charge in [-0.05, 0) is 37.0 Å². The fourth-order valence-electron chi connectivity index (χ4n) is 2.11. The van der Waals surface area contributed by atoms with Crippen LogP contribution in [0.15, 0.2) is 18.2 Å². The first-order valence-electron chi connectivity index (χ1n) is 6.72. The number of hydrogen-bond acceptors (Lipinski definition) is 2. The SMILES string of the molecule is O=C(NCCc1ccc(Cl)cc1Cl)NCC1CCCO1. The zero-order valence-electron chi connectivity index (χ0n) is 11.1. The summed E-state index contributed by atoms with van der Waals surface area (Å²) in [6.45, 7) is 1.88. The highest BCUT2D eigenvalue weighted by Gasteiger charge is 2.15. The molecular formula is C14H18Cl2N2O2. The van der Waals surface area contributed by atoms with Crippen LogP contribution in [0.3, 0.4) is 0 Å². The summed E-state index contributed by atoms with van der Waals surface area (Å²) in [5.74, 6) is 0. The number of hydrogen-bond donors (Lipinski definition) is 2. The zero-order chi connectivity index (χ0) is 14.4. The molecule has 2 N–H and O–H groups in total. The molecule has 6 heteroatoms. The third kappa shape index (κ3) is 4.85. The van der Waals surface area contributed by atoms with E-state index in [-0.39, 0.29) is 12.1 Å². The molecule has 20 heavy (non-hydrogen) atoms. The van der Waals surface area contributed by atoms with Crippen LogP contribution in [0.25, 0.3) is 0 Å². The molecular weight excluding hydrogens is 299 g/mol. The fourth-order valence-corrected chi connectivity index (χ4v) is 2.61. The molecule has 0 spiro atoms. The average molecular weight is 317 g/mol. The summed E-state index contributed by atoms with van der Waals surface area (Å²) >= 11 is 11.9. The maximum absolute atomic E-state index is 11.6. The summed E-state index contributed by atoms with van der Waals surface area (Å²) in [6.07, 6.45) is 2.92. The molecule has 1 aromatic rings. The molecule has 1 atom stereocenters. The van der Waals surface area contributed by atoms with E-state index in [2.05, 4.69) is 10.6 Å². The molecule has 110 valence electrons. The first-order valence-corrected chi connectivity index (χ1v) is 7.48. The fraction of sp³-hybridized carbons (Fsp3) is 0.500. The predicted octanol–water partition coefficient (Wildman–Crippen LogP) is 3.01. The Hall–Kier alpha value is -0.970. The van der Waals surface area contributed by atoms with Crippen LogP contribution in [0.1, 0.15) is 18.4 Å². The molecule has 0 radical (unpaired) electrons. The Morgan fingerprint density at radius 2 is 2.20 bits per heavy atom. The van der Waals surface area contributed by atoms with Gasteiger partial charge in [-0.25, -0.2) is 4.79 Å². The molecule has 1 aromatic carbocycles. The van der Waals surface area contributed by atoms with Gasteiger partial charge in [-0.2, -0.15) is 0 Å². The normalized spacial score (nSPS) is 18.0. The number of rotatable bonds is 5. The van der Waals surface area contributed by atoms with Gasteiger partial charge in [0, 0.05) is 29.7 Å². The lowest BCUT2D eigenvalue weighted by Gasteiger charge is -2.12. The van der Waals surface area contributed by atoms with Crippen molar-refractivity contribution < 1.29 is 9.53 Å². The van der Waals surface area contributed by atoms with E-state index in [4.69, 9.17) is 27.9 Å². The summed E-state index contributed by atoms with van der Waals surface area (Å²) in [7, 11) is 0. The number of amides is 2. The summed E-state index contributed by atoms with van der Waals surface area (Å²) in [5.41, 5.74) is 0.968. The third-order valence-corrected chi connectivity index (χ3v) is 3.80. The van der Waals surface area contributed by atoms with Gasteiger partial charge in [0.25, 0.3) is 0 Å². The van der Waals surface area contributed by atoms with Crippen LogP contribution in [0.4, 0.5) is 4.79 Å². The van der Waals surface area contributed by atoms with Crippen LogP contribution in [-0.4, -0.2) is 31.8 Å². The second-order valence-electron chi connectivity index (χ2n) is 4.76. The minimum Gasteiger partial charge on any atom is -0.376 e. The number of ether oxygens (including phenoxy) is 1. The van der Waals surface area contributed by atoms with Gasteiger partial charge in [-0.15, -0.1) is 0 Å². The lowest BCUT2D eigenvalue weighted by atomic mass is 10.1. The van der Waals surface area contributed by atoms with Gasteiger partial charge >= 0.3 is 6.03 Å². The summed E-state index contributed by atoms with van der Waals surface area (Å²) in [6, 6.07) is 5.19. The van der Waals surface area contributed by atoms with E-state index in [0.29, 0.717) is 29.6 Å². The molecule has 1 fully saturated rings. The standard InChI is InChI=1S/C14H18Cl2N2O2/c15-11-4-3-10(13(16)8-11)5-6-17-14(19)18-9-12-2-1-7-20-12/h3-4,8,12H,1-2,5-7,9H2,(H2,17,18,19). The lowest BCUT2D eigenvalue weighted by molar-refractivity contribution is 0.111. The molecule has 2 rings (SSSR count). The topological polar surface area (TPSA) is 50.4 Å². The van der Waals surface area contributed by atoms with Crippen molar-refractivity contribution in [2.75, 3.05) is 19.7 Å². The molecule has 1 aliphatic rings. The van der Waals surface area contributed by atoms with Crippen LogP contribution in [-0.2, 0) is 11.2 Å². The van der Waals surface area contributed by atoms with Gasteiger partial charge in [0.1, 0.15) is 0 Å². The number of nitrogens with one attached hydrogen (secondary N) is 2. The second-order valence-corrected chi connectivity index (χ2v) is 5.60. The van der Waals surface area contributed by atoms with Crippen molar-refractivity contribution in [2.24, 2.45) is 0 Å². The molecule has 1 aliphatic heterocycles. The molecule has 4 nitrogen and oxygen atoms in total. The Bertz CT molecular complexity index is 462. The highest BCUT2D eigenvalue weighted by Crippen LogP contribution is 2.21. The van der Waals surface area contributed by atoms with Crippen molar-refractivity contribution in [2.45, 2.75) is 25.4 Å². The lowest BCUT2D eigenvalue weighted by Crippen LogP contribution is -2.40. The average Bonchev–Trinajstić information content (AvgIpc) is 2.92. The van der Waals surface area contributed by atoms with Crippen molar-refractivity contribution in [3.8, 4) is 0 Å². The van der Waals surface area contributed by atoms with Crippen LogP contribution >= 0.6 is 23.2 Å². The van der Waals surface area contributed by atoms with E-state index in [1.54, 1.807) is 12.1 Å². The Morgan fingerprint density at radius 1 is 1.35 bits per heavy atom. The quantitative estimate of drug-likeness (QED) is 0.877. The minimum absolute atomic E-state index is 0.159. The van der Waals surface area contributed by atoms with Crippen LogP contribution < -0.4 is 10.6 Å². The minimum atomic E-state index is -0.175. The van der Waals surface area contributed by atoms with Gasteiger partial charge in [0.05, 0.1) is 6.10 Å². The molecule has 1 unspecified atom stereocenters. The van der Waals surface area contributed by atoms with Crippen molar-refractivity contribution in [1.82, 2.24) is 10.6 Å². The summed E-state index contributed by atoms with van der Waals surface area (Å²) < 4.78 is 5.43. The molecule has 2 amide bonds. The smallest absolute Gasteiger partial charge is 0.314 e. The number of benzene rings is 1. The Labute approximate surface area is 128 Å². The van der Waals surface area contributed by atoms with E-state index >= 15 is 0 Å². The van der Waals surface area contributed by atoms with Gasteiger partial charge in [-0.1, -0.05) is 29.3 Å². The monoisotopic (exact) mass is 316 g/mol. The largest absolute Gasteiger partial charge is 0.376 e. The molecule has 0 saturated carbocycles. The molecule has 0 aromatic heterocycles. The van der Waals surface area contributed by atoms with Gasteiger partial charge < -0.3 is 15.4 Å². The molecule has 0 aliphatic carbocycles. The van der Waals surface area contributed by atoms with Crippen LogP contribution in [0, 0.1) is 0 Å². The highest BCUT2D eigenvalue weighted by molar-refractivity contribution is 6.35. The number of urea groups is 1. The van der Waals surface area contributed by atoms with E-state index in [1.807, 2.05) is 6.07 Å². The van der Waals surface area contributed by atoms with Crippen molar-refractivity contribution in [3.05, 3.63) is 33.8 Å². The van der Waals surface area contributed by atoms with E-state index in [9.17, 15) is 4.79 Å². The van der Waals surface area contributed by atoms with Gasteiger partial charge in [-0.3, -0.25) is 0 Å². The summed E-state index contributed by atoms with van der Waals surface area (Å²) in [5, 5.41) is 6.84. The van der Waals surface area contributed by atoms with Crippen LogP contribution in [0.2, 0.25) is 10.0 Å². The van der Waals surface area contributed by atoms with E-state index < -0.39 is 0 Å². The summed E-state index contributed by atoms with van der Waals surface area (Å²) in [4.78, 5) is 11.6. The van der Waals surface area contributed by atoms with Crippen LogP contribution in [0.5, 0.6) is 0 Å². The maximum Gasteiger partial charge on any atom is 0.314 e. The maximum atomic E-state index is 11.6. The predicted molar refractivity (Wildman–Crippen MR) is 80.5 cm³/mol. The third-order valence-electron chi connectivity index (χ3n) is 3.21. The van der Waals surface area contributed by atoms with Crippen molar-refractivity contribution in [1.29, 1.82) is 0 Å². The van der Waals surface area contributed by atoms with E-state index in [1.165, 1.54) is 0 Å². The molecule has 1 saturated heterocycles. The van der Waals surface area contributed by atoms with Crippen molar-refractivity contribution in [3.63, 3.8) is 0 Å². The Kier molecular flexibility index (Phi) is 5.95. The highest BCUT2D eigenvalue weighted by atomic mass is 35.5. The molecule has 1 heterocycles. The zero-order valence-corrected chi connectivity index (χ0v) is 12.6. The van der Waals surface area contributed by atoms with Gasteiger partial charge in [0.15, 0.2) is 0 Å². The number of carbonyl (C=O) groups excluding carboxylic acids is 1. The van der Waals surface area contributed by atoms with Crippen molar-refractivity contribution >= 4 is 29.2 Å². The molecule has 0 bridgehead atoms. The first-order chi connectivity index (χ1) is 9.65. The second kappa shape index (κ2) is 7.72. The van der Waals surface area contributed by atoms with Gasteiger partial charge in [0.2, 0.25) is 0 Å². The first kappa shape index (κ1) is 15.4. The Morgan fingerprint density at radius 3 is 2.90 bits per heavy atom. The number of halogens is 2. The number of carbonyl (C=O) groups is 1.